The highest BCUT2D eigenvalue weighted by atomic mass is 32.1. The van der Waals surface area contributed by atoms with Crippen LogP contribution in [0.3, 0.4) is 0 Å². The lowest BCUT2D eigenvalue weighted by Gasteiger charge is -2.28. The number of aryl methyl sites for hydroxylation is 1. The van der Waals surface area contributed by atoms with E-state index in [2.05, 4.69) is 0 Å². The van der Waals surface area contributed by atoms with Gasteiger partial charge in [-0.1, -0.05) is 42.5 Å². The van der Waals surface area contributed by atoms with E-state index in [1.54, 1.807) is 35.7 Å². The maximum atomic E-state index is 14.7. The molecule has 1 amide bonds. The van der Waals surface area contributed by atoms with Crippen LogP contribution in [0.1, 0.15) is 26.8 Å². The second-order valence-corrected chi connectivity index (χ2v) is 7.40. The largest absolute Gasteiger partial charge is 0.503 e. The van der Waals surface area contributed by atoms with E-state index in [1.807, 2.05) is 19.1 Å². The van der Waals surface area contributed by atoms with Gasteiger partial charge in [0.25, 0.3) is 5.91 Å². The van der Waals surface area contributed by atoms with Gasteiger partial charge in [0, 0.05) is 11.3 Å². The van der Waals surface area contributed by atoms with Crippen LogP contribution in [0.4, 0.5) is 10.1 Å². The average molecular weight is 393 g/mol. The maximum absolute atomic E-state index is 14.7. The van der Waals surface area contributed by atoms with Gasteiger partial charge in [0.2, 0.25) is 5.78 Å². The smallest absolute Gasteiger partial charge is 0.294 e. The quantitative estimate of drug-likeness (QED) is 0.636. The summed E-state index contributed by atoms with van der Waals surface area (Å²) < 4.78 is 14.7. The number of hydrogen-bond donors (Lipinski definition) is 1. The first-order chi connectivity index (χ1) is 13.5. The molecule has 3 aromatic rings. The third-order valence-electron chi connectivity index (χ3n) is 4.77. The number of ketones is 1. The first-order valence-corrected chi connectivity index (χ1v) is 9.53. The van der Waals surface area contributed by atoms with Crippen molar-refractivity contribution >= 4 is 28.7 Å². The number of thiophene rings is 1. The van der Waals surface area contributed by atoms with Crippen molar-refractivity contribution < 1.29 is 19.1 Å². The van der Waals surface area contributed by atoms with Crippen LogP contribution < -0.4 is 4.90 Å². The Labute approximate surface area is 165 Å². The summed E-state index contributed by atoms with van der Waals surface area (Å²) in [4.78, 5) is 27.8. The predicted molar refractivity (Wildman–Crippen MR) is 106 cm³/mol. The number of benzene rings is 2. The SMILES string of the molecule is Cc1ccccc1N1C(=O)C(O)=C(C(=O)c2cccs2)C1c1ccccc1F. The van der Waals surface area contributed by atoms with Crippen LogP contribution in [0, 0.1) is 12.7 Å². The molecule has 4 rings (SSSR count). The summed E-state index contributed by atoms with van der Waals surface area (Å²) in [5, 5.41) is 12.4. The zero-order chi connectivity index (χ0) is 19.8. The van der Waals surface area contributed by atoms with Gasteiger partial charge in [-0.3, -0.25) is 14.5 Å². The molecule has 0 radical (unpaired) electrons. The number of carbonyl (C=O) groups excluding carboxylic acids is 2. The Bertz CT molecular complexity index is 1100. The fourth-order valence-corrected chi connectivity index (χ4v) is 4.13. The molecule has 1 N–H and O–H groups in total. The number of carbonyl (C=O) groups is 2. The van der Waals surface area contributed by atoms with E-state index >= 15 is 0 Å². The van der Waals surface area contributed by atoms with Gasteiger partial charge in [-0.2, -0.15) is 0 Å². The Balaban J connectivity index is 1.94. The van der Waals surface area contributed by atoms with Crippen LogP contribution >= 0.6 is 11.3 Å². The molecule has 1 aliphatic rings. The van der Waals surface area contributed by atoms with Crippen molar-refractivity contribution in [3.8, 4) is 0 Å². The first-order valence-electron chi connectivity index (χ1n) is 8.65. The van der Waals surface area contributed by atoms with E-state index in [1.165, 1.54) is 34.4 Å². The van der Waals surface area contributed by atoms with Crippen LogP contribution in [0.2, 0.25) is 0 Å². The molecule has 140 valence electrons. The second-order valence-electron chi connectivity index (χ2n) is 6.45. The molecule has 6 heteroatoms. The van der Waals surface area contributed by atoms with Gasteiger partial charge in [0.05, 0.1) is 16.5 Å². The van der Waals surface area contributed by atoms with Crippen LogP contribution in [0.5, 0.6) is 0 Å². The minimum absolute atomic E-state index is 0.110. The number of para-hydroxylation sites is 1. The minimum Gasteiger partial charge on any atom is -0.503 e. The number of aliphatic hydroxyl groups is 1. The number of anilines is 1. The number of aliphatic hydroxyl groups excluding tert-OH is 1. The molecular weight excluding hydrogens is 377 g/mol. The molecule has 0 saturated carbocycles. The van der Waals surface area contributed by atoms with Crippen LogP contribution in [0.15, 0.2) is 77.4 Å². The number of nitrogens with zero attached hydrogens (tertiary/aromatic N) is 1. The summed E-state index contributed by atoms with van der Waals surface area (Å²) in [5.41, 5.74) is 1.33. The monoisotopic (exact) mass is 393 g/mol. The second kappa shape index (κ2) is 7.05. The van der Waals surface area contributed by atoms with Crippen LogP contribution in [-0.2, 0) is 4.79 Å². The van der Waals surface area contributed by atoms with Gasteiger partial charge < -0.3 is 5.11 Å². The van der Waals surface area contributed by atoms with Gasteiger partial charge in [-0.05, 0) is 36.1 Å². The highest BCUT2D eigenvalue weighted by molar-refractivity contribution is 7.12. The van der Waals surface area contributed by atoms with Crippen LogP contribution in [0.25, 0.3) is 0 Å². The van der Waals surface area contributed by atoms with Crippen molar-refractivity contribution in [3.63, 3.8) is 0 Å². The van der Waals surface area contributed by atoms with E-state index in [4.69, 9.17) is 0 Å². The Morgan fingerprint density at radius 1 is 1.07 bits per heavy atom. The van der Waals surface area contributed by atoms with Gasteiger partial charge in [-0.25, -0.2) is 4.39 Å². The van der Waals surface area contributed by atoms with Crippen molar-refractivity contribution in [2.24, 2.45) is 0 Å². The lowest BCUT2D eigenvalue weighted by Crippen LogP contribution is -2.32. The van der Waals surface area contributed by atoms with Gasteiger partial charge in [0.1, 0.15) is 5.82 Å². The topological polar surface area (TPSA) is 57.6 Å². The highest BCUT2D eigenvalue weighted by Gasteiger charge is 2.46. The lowest BCUT2D eigenvalue weighted by atomic mass is 9.94. The molecular formula is C22H16FNO3S. The van der Waals surface area contributed by atoms with Gasteiger partial charge in [-0.15, -0.1) is 11.3 Å². The summed E-state index contributed by atoms with van der Waals surface area (Å²) in [6, 6.07) is 15.4. The number of halogens is 1. The molecule has 1 unspecified atom stereocenters. The summed E-state index contributed by atoms with van der Waals surface area (Å²) in [5.74, 6) is -2.40. The first kappa shape index (κ1) is 18.1. The molecule has 2 heterocycles. The predicted octanol–water partition coefficient (Wildman–Crippen LogP) is 4.98. The van der Waals surface area contributed by atoms with Crippen molar-refractivity contribution in [2.75, 3.05) is 4.90 Å². The fraction of sp³-hybridized carbons (Fsp3) is 0.0909. The van der Waals surface area contributed by atoms with Crippen molar-refractivity contribution in [1.29, 1.82) is 0 Å². The molecule has 2 aromatic carbocycles. The molecule has 0 bridgehead atoms. The standard InChI is InChI=1S/C22H16FNO3S/c1-13-7-2-5-10-16(13)24-19(14-8-3-4-9-15(14)23)18(21(26)22(24)27)20(25)17-11-6-12-28-17/h2-12,19,26H,1H3. The fourth-order valence-electron chi connectivity index (χ4n) is 3.45. The van der Waals surface area contributed by atoms with E-state index in [-0.39, 0.29) is 11.1 Å². The van der Waals surface area contributed by atoms with E-state index in [0.717, 1.165) is 5.56 Å². The van der Waals surface area contributed by atoms with E-state index in [0.29, 0.717) is 10.6 Å². The Morgan fingerprint density at radius 3 is 2.46 bits per heavy atom. The number of Topliss-reactive ketones (excluding diaryl/α,β-unsaturated/α-hetero) is 1. The van der Waals surface area contributed by atoms with Crippen molar-refractivity contribution in [1.82, 2.24) is 0 Å². The van der Waals surface area contributed by atoms with Gasteiger partial charge >= 0.3 is 0 Å². The summed E-state index contributed by atoms with van der Waals surface area (Å²) in [6.45, 7) is 1.82. The molecule has 0 saturated heterocycles. The molecule has 1 aromatic heterocycles. The van der Waals surface area contributed by atoms with Crippen molar-refractivity contribution in [2.45, 2.75) is 13.0 Å². The zero-order valence-corrected chi connectivity index (χ0v) is 15.7. The van der Waals surface area contributed by atoms with E-state index < -0.39 is 29.3 Å². The average Bonchev–Trinajstić information content (AvgIpc) is 3.31. The van der Waals surface area contributed by atoms with Crippen LogP contribution in [-0.4, -0.2) is 16.8 Å². The molecule has 4 nitrogen and oxygen atoms in total. The molecule has 0 fully saturated rings. The number of hydrogen-bond acceptors (Lipinski definition) is 4. The Kier molecular flexibility index (Phi) is 4.57. The molecule has 1 atom stereocenters. The Morgan fingerprint density at radius 2 is 1.79 bits per heavy atom. The third-order valence-corrected chi connectivity index (χ3v) is 5.64. The molecule has 0 spiro atoms. The van der Waals surface area contributed by atoms with Gasteiger partial charge in [0.15, 0.2) is 5.76 Å². The maximum Gasteiger partial charge on any atom is 0.294 e. The van der Waals surface area contributed by atoms with E-state index in [9.17, 15) is 19.1 Å². The normalized spacial score (nSPS) is 16.7. The zero-order valence-electron chi connectivity index (χ0n) is 14.9. The summed E-state index contributed by atoms with van der Waals surface area (Å²) in [6.07, 6.45) is 0. The minimum atomic E-state index is -1.05. The third kappa shape index (κ3) is 2.82. The molecule has 28 heavy (non-hydrogen) atoms. The van der Waals surface area contributed by atoms with Crippen molar-refractivity contribution in [3.05, 3.63) is 99.2 Å². The summed E-state index contributed by atoms with van der Waals surface area (Å²) in [7, 11) is 0. The Hall–Kier alpha value is -3.25. The molecule has 0 aliphatic carbocycles. The summed E-state index contributed by atoms with van der Waals surface area (Å²) >= 11 is 1.20. The molecule has 1 aliphatic heterocycles. The number of amides is 1. The highest BCUT2D eigenvalue weighted by Crippen LogP contribution is 2.43. The number of rotatable bonds is 4. The lowest BCUT2D eigenvalue weighted by molar-refractivity contribution is -0.117.